The van der Waals surface area contributed by atoms with Gasteiger partial charge in [0.15, 0.2) is 0 Å². The predicted molar refractivity (Wildman–Crippen MR) is 33.5 cm³/mol. The first-order valence-corrected chi connectivity index (χ1v) is 3.21. The molecule has 0 amide bonds. The maximum absolute atomic E-state index is 12.7. The lowest BCUT2D eigenvalue weighted by Crippen LogP contribution is -2.57. The molecule has 0 spiro atoms. The number of hydrazine groups is 1. The van der Waals surface area contributed by atoms with E-state index >= 15 is 0 Å². The van der Waals surface area contributed by atoms with Gasteiger partial charge in [-0.05, 0) is 13.0 Å². The number of nitrogens with two attached hydrogens (primary N) is 1. The Morgan fingerprint density at radius 1 is 1.60 bits per heavy atom. The lowest BCUT2D eigenvalue weighted by atomic mass is 10.0. The molecule has 0 aromatic rings. The normalized spacial score (nSPS) is 32.1. The Labute approximate surface area is 57.9 Å². The fraction of sp³-hybridized carbons (Fsp3) is 1.00. The van der Waals surface area contributed by atoms with Gasteiger partial charge in [0.2, 0.25) is 0 Å². The van der Waals surface area contributed by atoms with Gasteiger partial charge in [-0.3, -0.25) is 11.3 Å². The van der Waals surface area contributed by atoms with Crippen molar-refractivity contribution in [2.75, 3.05) is 13.1 Å². The van der Waals surface area contributed by atoms with Crippen LogP contribution in [0.5, 0.6) is 0 Å². The summed E-state index contributed by atoms with van der Waals surface area (Å²) in [5.41, 5.74) is 2.10. The first kappa shape index (κ1) is 7.84. The molecule has 1 saturated heterocycles. The van der Waals surface area contributed by atoms with Crippen LogP contribution in [0.15, 0.2) is 0 Å². The molecule has 1 fully saturated rings. The molecule has 1 rings (SSSR count). The highest BCUT2D eigenvalue weighted by molar-refractivity contribution is 4.88. The van der Waals surface area contributed by atoms with E-state index in [9.17, 15) is 8.78 Å². The standard InChI is InChI=1S/C5H11F2N3/c6-5(7)3-9-2-1-4(5)10-8/h4,9-10H,1-3,8H2. The van der Waals surface area contributed by atoms with Gasteiger partial charge in [0.05, 0.1) is 12.6 Å². The third-order valence-electron chi connectivity index (χ3n) is 1.68. The molecule has 10 heavy (non-hydrogen) atoms. The molecule has 1 aliphatic rings. The zero-order chi connectivity index (χ0) is 7.61. The van der Waals surface area contributed by atoms with Crippen LogP contribution in [0.2, 0.25) is 0 Å². The van der Waals surface area contributed by atoms with E-state index in [1.165, 1.54) is 0 Å². The molecule has 0 saturated carbocycles. The first-order chi connectivity index (χ1) is 4.67. The smallest absolute Gasteiger partial charge is 0.276 e. The Kier molecular flexibility index (Phi) is 2.18. The third-order valence-corrected chi connectivity index (χ3v) is 1.68. The van der Waals surface area contributed by atoms with Crippen molar-refractivity contribution in [2.45, 2.75) is 18.4 Å². The van der Waals surface area contributed by atoms with E-state index in [0.29, 0.717) is 13.0 Å². The molecule has 5 heteroatoms. The number of hydrogen-bond donors (Lipinski definition) is 3. The van der Waals surface area contributed by atoms with E-state index in [1.807, 2.05) is 0 Å². The summed E-state index contributed by atoms with van der Waals surface area (Å²) in [5, 5.41) is 2.59. The van der Waals surface area contributed by atoms with Crippen molar-refractivity contribution >= 4 is 0 Å². The minimum atomic E-state index is -2.70. The van der Waals surface area contributed by atoms with Gasteiger partial charge in [0, 0.05) is 0 Å². The Bertz CT molecular complexity index is 117. The van der Waals surface area contributed by atoms with Crippen molar-refractivity contribution < 1.29 is 8.78 Å². The van der Waals surface area contributed by atoms with Crippen LogP contribution in [0, 0.1) is 0 Å². The van der Waals surface area contributed by atoms with E-state index < -0.39 is 12.0 Å². The second-order valence-electron chi connectivity index (χ2n) is 2.45. The maximum Gasteiger partial charge on any atom is 0.276 e. The largest absolute Gasteiger partial charge is 0.311 e. The van der Waals surface area contributed by atoms with Crippen LogP contribution in [0.4, 0.5) is 8.78 Å². The third kappa shape index (κ3) is 1.42. The fourth-order valence-corrected chi connectivity index (χ4v) is 1.04. The summed E-state index contributed by atoms with van der Waals surface area (Å²) in [6, 6.07) is -0.867. The molecule has 4 N–H and O–H groups in total. The second kappa shape index (κ2) is 2.77. The average molecular weight is 151 g/mol. The van der Waals surface area contributed by atoms with Crippen LogP contribution in [-0.2, 0) is 0 Å². The molecule has 1 heterocycles. The van der Waals surface area contributed by atoms with Crippen LogP contribution in [0.1, 0.15) is 6.42 Å². The van der Waals surface area contributed by atoms with Crippen molar-refractivity contribution in [3.8, 4) is 0 Å². The molecule has 0 aromatic heterocycles. The van der Waals surface area contributed by atoms with Crippen LogP contribution < -0.4 is 16.6 Å². The van der Waals surface area contributed by atoms with Gasteiger partial charge in [-0.15, -0.1) is 0 Å². The zero-order valence-electron chi connectivity index (χ0n) is 5.53. The highest BCUT2D eigenvalue weighted by Crippen LogP contribution is 2.21. The highest BCUT2D eigenvalue weighted by atomic mass is 19.3. The van der Waals surface area contributed by atoms with Gasteiger partial charge in [-0.25, -0.2) is 8.78 Å². The number of piperidine rings is 1. The number of nitrogens with one attached hydrogen (secondary N) is 2. The van der Waals surface area contributed by atoms with E-state index in [0.717, 1.165) is 0 Å². The molecule has 1 unspecified atom stereocenters. The summed E-state index contributed by atoms with van der Waals surface area (Å²) < 4.78 is 25.3. The van der Waals surface area contributed by atoms with E-state index in [4.69, 9.17) is 5.84 Å². The predicted octanol–water partition coefficient (Wildman–Crippen LogP) is -0.553. The summed E-state index contributed by atoms with van der Waals surface area (Å²) in [6.45, 7) is 0.326. The summed E-state index contributed by atoms with van der Waals surface area (Å²) in [7, 11) is 0. The summed E-state index contributed by atoms with van der Waals surface area (Å²) >= 11 is 0. The lowest BCUT2D eigenvalue weighted by Gasteiger charge is -2.30. The number of rotatable bonds is 1. The fourth-order valence-electron chi connectivity index (χ4n) is 1.04. The Morgan fingerprint density at radius 2 is 2.30 bits per heavy atom. The summed E-state index contributed by atoms with van der Waals surface area (Å²) in [6.07, 6.45) is 0.378. The first-order valence-electron chi connectivity index (χ1n) is 3.21. The Morgan fingerprint density at radius 3 is 2.70 bits per heavy atom. The van der Waals surface area contributed by atoms with Crippen molar-refractivity contribution in [3.05, 3.63) is 0 Å². The SMILES string of the molecule is NNC1CCNCC1(F)F. The molecule has 60 valence electrons. The number of alkyl halides is 2. The maximum atomic E-state index is 12.7. The van der Waals surface area contributed by atoms with Crippen molar-refractivity contribution in [1.29, 1.82) is 0 Å². The number of hydrogen-bond acceptors (Lipinski definition) is 3. The molecule has 0 radical (unpaired) electrons. The molecular formula is C5H11F2N3. The highest BCUT2D eigenvalue weighted by Gasteiger charge is 2.40. The summed E-state index contributed by atoms with van der Waals surface area (Å²) in [5.74, 6) is 2.22. The minimum Gasteiger partial charge on any atom is -0.311 e. The lowest BCUT2D eigenvalue weighted by molar-refractivity contribution is -0.0511. The Balaban J connectivity index is 2.51. The minimum absolute atomic E-state index is 0.276. The molecule has 1 atom stereocenters. The van der Waals surface area contributed by atoms with Gasteiger partial charge < -0.3 is 5.32 Å². The topological polar surface area (TPSA) is 50.1 Å². The zero-order valence-corrected chi connectivity index (χ0v) is 5.53. The van der Waals surface area contributed by atoms with Crippen LogP contribution in [0.25, 0.3) is 0 Å². The van der Waals surface area contributed by atoms with Gasteiger partial charge in [0.1, 0.15) is 0 Å². The van der Waals surface area contributed by atoms with Crippen molar-refractivity contribution in [2.24, 2.45) is 5.84 Å². The monoisotopic (exact) mass is 151 g/mol. The quantitative estimate of drug-likeness (QED) is 0.348. The van der Waals surface area contributed by atoms with Crippen LogP contribution >= 0.6 is 0 Å². The molecule has 3 nitrogen and oxygen atoms in total. The number of halogens is 2. The van der Waals surface area contributed by atoms with Gasteiger partial charge >= 0.3 is 0 Å². The molecular weight excluding hydrogens is 140 g/mol. The summed E-state index contributed by atoms with van der Waals surface area (Å²) in [4.78, 5) is 0. The molecule has 0 aliphatic carbocycles. The van der Waals surface area contributed by atoms with E-state index in [1.54, 1.807) is 0 Å². The van der Waals surface area contributed by atoms with Crippen LogP contribution in [-0.4, -0.2) is 25.1 Å². The van der Waals surface area contributed by atoms with Gasteiger partial charge in [0.25, 0.3) is 5.92 Å². The van der Waals surface area contributed by atoms with Crippen molar-refractivity contribution in [1.82, 2.24) is 10.7 Å². The van der Waals surface area contributed by atoms with Gasteiger partial charge in [-0.1, -0.05) is 0 Å². The molecule has 0 bridgehead atoms. The van der Waals surface area contributed by atoms with E-state index in [2.05, 4.69) is 10.7 Å². The van der Waals surface area contributed by atoms with E-state index in [-0.39, 0.29) is 6.54 Å². The molecule has 1 aliphatic heterocycles. The molecule has 0 aromatic carbocycles. The van der Waals surface area contributed by atoms with Crippen molar-refractivity contribution in [3.63, 3.8) is 0 Å². The second-order valence-corrected chi connectivity index (χ2v) is 2.45. The average Bonchev–Trinajstić information content (AvgIpc) is 1.87. The van der Waals surface area contributed by atoms with Crippen LogP contribution in [0.3, 0.4) is 0 Å². The Hall–Kier alpha value is -0.260. The van der Waals surface area contributed by atoms with Gasteiger partial charge in [-0.2, -0.15) is 0 Å².